The van der Waals surface area contributed by atoms with E-state index in [4.69, 9.17) is 0 Å². The van der Waals surface area contributed by atoms with E-state index in [1.54, 1.807) is 18.2 Å². The van der Waals surface area contributed by atoms with E-state index in [0.29, 0.717) is 10.9 Å². The fraction of sp³-hybridized carbons (Fsp3) is 0.562. The first kappa shape index (κ1) is 15.4. The Morgan fingerprint density at radius 1 is 1.30 bits per heavy atom. The normalized spacial score (nSPS) is 17.8. The predicted molar refractivity (Wildman–Crippen MR) is 81.4 cm³/mol. The van der Waals surface area contributed by atoms with Crippen molar-refractivity contribution in [2.24, 2.45) is 0 Å². The Labute approximate surface area is 124 Å². The van der Waals surface area contributed by atoms with E-state index in [-0.39, 0.29) is 17.0 Å². The average Bonchev–Trinajstić information content (AvgIpc) is 2.49. The highest BCUT2D eigenvalue weighted by atomic mass is 32.2. The summed E-state index contributed by atoms with van der Waals surface area (Å²) in [6, 6.07) is 6.99. The number of rotatable bonds is 4. The van der Waals surface area contributed by atoms with Gasteiger partial charge in [-0.3, -0.25) is 4.79 Å². The molecule has 1 aliphatic rings. The van der Waals surface area contributed by atoms with Crippen LogP contribution in [0.5, 0.6) is 0 Å². The van der Waals surface area contributed by atoms with Gasteiger partial charge in [-0.05, 0) is 31.9 Å². The summed E-state index contributed by atoms with van der Waals surface area (Å²) in [5, 5.41) is -0.251. The van der Waals surface area contributed by atoms with Gasteiger partial charge in [-0.2, -0.15) is 0 Å². The van der Waals surface area contributed by atoms with E-state index in [9.17, 15) is 9.18 Å². The van der Waals surface area contributed by atoms with Crippen molar-refractivity contribution in [3.8, 4) is 0 Å². The van der Waals surface area contributed by atoms with Crippen molar-refractivity contribution in [1.82, 2.24) is 4.90 Å². The minimum Gasteiger partial charge on any atom is -0.342 e. The van der Waals surface area contributed by atoms with Crippen LogP contribution in [0, 0.1) is 5.82 Å². The first-order valence-corrected chi connectivity index (χ1v) is 8.15. The van der Waals surface area contributed by atoms with Crippen molar-refractivity contribution in [2.75, 3.05) is 7.05 Å². The van der Waals surface area contributed by atoms with Gasteiger partial charge in [0, 0.05) is 18.0 Å². The second kappa shape index (κ2) is 7.11. The van der Waals surface area contributed by atoms with Crippen LogP contribution in [0.15, 0.2) is 29.2 Å². The molecule has 4 heteroatoms. The van der Waals surface area contributed by atoms with E-state index in [1.807, 2.05) is 18.9 Å². The summed E-state index contributed by atoms with van der Waals surface area (Å²) in [7, 11) is 1.89. The SMILES string of the molecule is CC(Sc1ccccc1F)C(=O)N(C)C1CCCCC1. The van der Waals surface area contributed by atoms with Gasteiger partial charge in [-0.25, -0.2) is 4.39 Å². The Bertz CT molecular complexity index is 460. The Kier molecular flexibility index (Phi) is 5.46. The molecule has 0 bridgehead atoms. The standard InChI is InChI=1S/C16H22FNOS/c1-12(20-15-11-7-6-10-14(15)17)16(19)18(2)13-8-4-3-5-9-13/h6-7,10-13H,3-5,8-9H2,1-2H3. The number of nitrogens with zero attached hydrogens (tertiary/aromatic N) is 1. The van der Waals surface area contributed by atoms with Gasteiger partial charge < -0.3 is 4.90 Å². The highest BCUT2D eigenvalue weighted by Crippen LogP contribution is 2.28. The number of amides is 1. The predicted octanol–water partition coefficient (Wildman–Crippen LogP) is 4.10. The van der Waals surface area contributed by atoms with Crippen LogP contribution in [-0.4, -0.2) is 29.1 Å². The van der Waals surface area contributed by atoms with Crippen LogP contribution in [-0.2, 0) is 4.79 Å². The third kappa shape index (κ3) is 3.75. The van der Waals surface area contributed by atoms with Gasteiger partial charge >= 0.3 is 0 Å². The number of carbonyl (C=O) groups is 1. The Hall–Kier alpha value is -1.03. The molecule has 2 rings (SSSR count). The summed E-state index contributed by atoms with van der Waals surface area (Å²) in [6.07, 6.45) is 5.88. The van der Waals surface area contributed by atoms with E-state index in [1.165, 1.54) is 37.1 Å². The molecule has 0 heterocycles. The van der Waals surface area contributed by atoms with Crippen molar-refractivity contribution in [3.63, 3.8) is 0 Å². The largest absolute Gasteiger partial charge is 0.342 e. The van der Waals surface area contributed by atoms with E-state index in [0.717, 1.165) is 12.8 Å². The lowest BCUT2D eigenvalue weighted by Crippen LogP contribution is -2.42. The number of halogens is 1. The van der Waals surface area contributed by atoms with Crippen molar-refractivity contribution >= 4 is 17.7 Å². The Balaban J connectivity index is 1.96. The minimum absolute atomic E-state index is 0.102. The maximum atomic E-state index is 13.6. The maximum absolute atomic E-state index is 13.6. The first-order valence-electron chi connectivity index (χ1n) is 7.27. The number of carbonyl (C=O) groups excluding carboxylic acids is 1. The van der Waals surface area contributed by atoms with Gasteiger partial charge in [0.1, 0.15) is 5.82 Å². The minimum atomic E-state index is -0.252. The van der Waals surface area contributed by atoms with Crippen molar-refractivity contribution in [3.05, 3.63) is 30.1 Å². The fourth-order valence-electron chi connectivity index (χ4n) is 2.72. The Morgan fingerprint density at radius 3 is 2.60 bits per heavy atom. The molecule has 0 N–H and O–H groups in total. The van der Waals surface area contributed by atoms with Crippen LogP contribution < -0.4 is 0 Å². The highest BCUT2D eigenvalue weighted by molar-refractivity contribution is 8.00. The second-order valence-electron chi connectivity index (χ2n) is 5.43. The number of thioether (sulfide) groups is 1. The molecule has 1 amide bonds. The molecule has 1 aliphatic carbocycles. The molecule has 1 saturated carbocycles. The molecule has 1 aromatic rings. The third-order valence-corrected chi connectivity index (χ3v) is 5.10. The molecule has 0 radical (unpaired) electrons. The smallest absolute Gasteiger partial charge is 0.235 e. The monoisotopic (exact) mass is 295 g/mol. The van der Waals surface area contributed by atoms with Crippen molar-refractivity contribution < 1.29 is 9.18 Å². The summed E-state index contributed by atoms with van der Waals surface area (Å²) >= 11 is 1.30. The van der Waals surface area contributed by atoms with Gasteiger partial charge in [0.15, 0.2) is 0 Å². The molecule has 1 unspecified atom stereocenters. The topological polar surface area (TPSA) is 20.3 Å². The molecule has 20 heavy (non-hydrogen) atoms. The molecular formula is C16H22FNOS. The van der Waals surface area contributed by atoms with Crippen LogP contribution in [0.3, 0.4) is 0 Å². The van der Waals surface area contributed by atoms with E-state index in [2.05, 4.69) is 0 Å². The fourth-order valence-corrected chi connectivity index (χ4v) is 3.70. The van der Waals surface area contributed by atoms with Crippen LogP contribution in [0.4, 0.5) is 4.39 Å². The van der Waals surface area contributed by atoms with Crippen molar-refractivity contribution in [1.29, 1.82) is 0 Å². The molecule has 0 aromatic heterocycles. The van der Waals surface area contributed by atoms with Gasteiger partial charge in [0.2, 0.25) is 5.91 Å². The average molecular weight is 295 g/mol. The molecule has 1 fully saturated rings. The van der Waals surface area contributed by atoms with E-state index < -0.39 is 0 Å². The molecule has 0 aliphatic heterocycles. The van der Waals surface area contributed by atoms with Gasteiger partial charge in [0.05, 0.1) is 5.25 Å². The van der Waals surface area contributed by atoms with E-state index >= 15 is 0 Å². The summed E-state index contributed by atoms with van der Waals surface area (Å²) in [5.41, 5.74) is 0. The molecular weight excluding hydrogens is 273 g/mol. The molecule has 1 atom stereocenters. The Morgan fingerprint density at radius 2 is 1.95 bits per heavy atom. The molecule has 0 saturated heterocycles. The summed E-state index contributed by atoms with van der Waals surface area (Å²) in [4.78, 5) is 14.9. The quantitative estimate of drug-likeness (QED) is 0.780. The molecule has 1 aromatic carbocycles. The summed E-state index contributed by atoms with van der Waals surface area (Å²) in [6.45, 7) is 1.86. The lowest BCUT2D eigenvalue weighted by Gasteiger charge is -2.32. The number of benzene rings is 1. The second-order valence-corrected chi connectivity index (χ2v) is 6.81. The molecule has 110 valence electrons. The van der Waals surface area contributed by atoms with Gasteiger partial charge in [-0.15, -0.1) is 11.8 Å². The molecule has 2 nitrogen and oxygen atoms in total. The van der Waals surface area contributed by atoms with Crippen LogP contribution >= 0.6 is 11.8 Å². The third-order valence-electron chi connectivity index (χ3n) is 3.96. The van der Waals surface area contributed by atoms with Crippen LogP contribution in [0.1, 0.15) is 39.0 Å². The molecule has 0 spiro atoms. The van der Waals surface area contributed by atoms with Gasteiger partial charge in [-0.1, -0.05) is 31.4 Å². The van der Waals surface area contributed by atoms with Crippen LogP contribution in [0.2, 0.25) is 0 Å². The lowest BCUT2D eigenvalue weighted by atomic mass is 9.94. The van der Waals surface area contributed by atoms with Crippen molar-refractivity contribution in [2.45, 2.75) is 55.2 Å². The highest BCUT2D eigenvalue weighted by Gasteiger charge is 2.26. The zero-order valence-corrected chi connectivity index (χ0v) is 13.0. The first-order chi connectivity index (χ1) is 9.59. The number of hydrogen-bond acceptors (Lipinski definition) is 2. The van der Waals surface area contributed by atoms with Gasteiger partial charge in [0.25, 0.3) is 0 Å². The lowest BCUT2D eigenvalue weighted by molar-refractivity contribution is -0.131. The van der Waals surface area contributed by atoms with Crippen LogP contribution in [0.25, 0.3) is 0 Å². The number of hydrogen-bond donors (Lipinski definition) is 0. The zero-order chi connectivity index (χ0) is 14.5. The zero-order valence-electron chi connectivity index (χ0n) is 12.1. The summed E-state index contributed by atoms with van der Waals surface area (Å²) in [5.74, 6) is -0.150. The maximum Gasteiger partial charge on any atom is 0.235 e. The summed E-state index contributed by atoms with van der Waals surface area (Å²) < 4.78 is 13.6.